The van der Waals surface area contributed by atoms with Crippen molar-refractivity contribution >= 4 is 23.8 Å². The molecule has 0 fully saturated rings. The molecule has 0 aromatic heterocycles. The number of phenols is 1. The molecule has 0 bridgehead atoms. The van der Waals surface area contributed by atoms with E-state index in [1.165, 1.54) is 13.2 Å². The minimum atomic E-state index is -1.57. The smallest absolute Gasteiger partial charge is 0.408 e. The summed E-state index contributed by atoms with van der Waals surface area (Å²) in [5.74, 6) is -1.23. The summed E-state index contributed by atoms with van der Waals surface area (Å²) in [5.41, 5.74) is 1.91. The van der Waals surface area contributed by atoms with Gasteiger partial charge in [-0.25, -0.2) is 4.79 Å². The average Bonchev–Trinajstić information content (AvgIpc) is 3.23. The fourth-order valence-corrected chi connectivity index (χ4v) is 6.45. The normalized spacial score (nSPS) is 13.8. The Kier molecular flexibility index (Phi) is 17.3. The standard InChI is InChI=1S/C46H59N5O9/c1-29(2)38(42(54)48-27-33-21-22-35(59-7)25-37(33)52)50-43(55)39(47-26-32-19-14-20-34(23-32)58-6)40(53)36(24-30-15-10-8-11-16-30)49-44(56)41(46(3,4)5)51-45(57)60-28-31-17-12-9-13-18-31/h8-23,25,29,36,38-41,47,52-53H,24,26-28H2,1-7H3,(H,48,54)(H,49,56)(H,50,55)(H,51,57)/t36-,38-,39+,40-,41+/m0/s1. The van der Waals surface area contributed by atoms with Crippen molar-refractivity contribution in [1.82, 2.24) is 26.6 Å². The number of benzene rings is 4. The number of alkyl carbamates (subject to hydrolysis) is 1. The Bertz CT molecular complexity index is 2010. The summed E-state index contributed by atoms with van der Waals surface area (Å²) in [5, 5.41) is 37.2. The molecule has 0 spiro atoms. The van der Waals surface area contributed by atoms with Crippen LogP contribution in [0.15, 0.2) is 103 Å². The number of rotatable bonds is 20. The molecule has 14 nitrogen and oxygen atoms in total. The van der Waals surface area contributed by atoms with Crippen molar-refractivity contribution in [2.45, 2.75) is 91.0 Å². The van der Waals surface area contributed by atoms with Crippen molar-refractivity contribution in [3.8, 4) is 17.2 Å². The molecule has 60 heavy (non-hydrogen) atoms. The lowest BCUT2D eigenvalue weighted by atomic mass is 9.85. The van der Waals surface area contributed by atoms with Crippen LogP contribution in [0.4, 0.5) is 4.79 Å². The van der Waals surface area contributed by atoms with Crippen molar-refractivity contribution in [1.29, 1.82) is 0 Å². The van der Waals surface area contributed by atoms with E-state index in [1.807, 2.05) is 66.7 Å². The zero-order valence-electron chi connectivity index (χ0n) is 35.4. The van der Waals surface area contributed by atoms with Crippen molar-refractivity contribution in [2.75, 3.05) is 14.2 Å². The van der Waals surface area contributed by atoms with Crippen LogP contribution in [0.3, 0.4) is 0 Å². The first-order valence-electron chi connectivity index (χ1n) is 19.9. The Hall–Kier alpha value is -6.12. The number of aliphatic hydroxyl groups excluding tert-OH is 1. The van der Waals surface area contributed by atoms with Crippen LogP contribution in [0.1, 0.15) is 56.9 Å². The van der Waals surface area contributed by atoms with Gasteiger partial charge in [0.1, 0.15) is 42.0 Å². The summed E-state index contributed by atoms with van der Waals surface area (Å²) in [4.78, 5) is 55.4. The molecular weight excluding hydrogens is 767 g/mol. The van der Waals surface area contributed by atoms with Gasteiger partial charge in [-0.05, 0) is 58.7 Å². The lowest BCUT2D eigenvalue weighted by Gasteiger charge is -2.35. The highest BCUT2D eigenvalue weighted by Crippen LogP contribution is 2.24. The number of amides is 4. The van der Waals surface area contributed by atoms with Crippen LogP contribution < -0.4 is 36.1 Å². The van der Waals surface area contributed by atoms with E-state index in [9.17, 15) is 29.4 Å². The number of ether oxygens (including phenoxy) is 3. The number of aromatic hydroxyl groups is 1. The van der Waals surface area contributed by atoms with Gasteiger partial charge in [-0.3, -0.25) is 19.7 Å². The van der Waals surface area contributed by atoms with Crippen LogP contribution in [0.25, 0.3) is 0 Å². The van der Waals surface area contributed by atoms with Crippen molar-refractivity contribution in [3.63, 3.8) is 0 Å². The highest BCUT2D eigenvalue weighted by atomic mass is 16.5. The summed E-state index contributed by atoms with van der Waals surface area (Å²) in [7, 11) is 3.02. The lowest BCUT2D eigenvalue weighted by molar-refractivity contribution is -0.134. The first-order chi connectivity index (χ1) is 28.6. The number of aliphatic hydroxyl groups is 1. The van der Waals surface area contributed by atoms with Gasteiger partial charge < -0.3 is 45.7 Å². The summed E-state index contributed by atoms with van der Waals surface area (Å²) < 4.78 is 16.0. The largest absolute Gasteiger partial charge is 0.507 e. The molecule has 4 rings (SSSR count). The van der Waals surface area contributed by atoms with E-state index >= 15 is 0 Å². The van der Waals surface area contributed by atoms with Gasteiger partial charge in [0.05, 0.1) is 26.4 Å². The van der Waals surface area contributed by atoms with E-state index in [0.29, 0.717) is 17.1 Å². The molecule has 4 amide bonds. The zero-order chi connectivity index (χ0) is 43.8. The Labute approximate surface area is 352 Å². The molecule has 322 valence electrons. The van der Waals surface area contributed by atoms with Crippen molar-refractivity contribution < 1.29 is 43.6 Å². The molecule has 0 radical (unpaired) electrons. The molecule has 0 saturated carbocycles. The van der Waals surface area contributed by atoms with Crippen molar-refractivity contribution in [3.05, 3.63) is 125 Å². The minimum Gasteiger partial charge on any atom is -0.507 e. The van der Waals surface area contributed by atoms with Crippen LogP contribution in [-0.4, -0.2) is 78.5 Å². The molecule has 0 saturated heterocycles. The molecule has 0 unspecified atom stereocenters. The molecule has 4 aromatic rings. The van der Waals surface area contributed by atoms with E-state index in [0.717, 1.165) is 16.7 Å². The highest BCUT2D eigenvalue weighted by Gasteiger charge is 2.39. The van der Waals surface area contributed by atoms with Crippen LogP contribution in [-0.2, 0) is 45.2 Å². The minimum absolute atomic E-state index is 0.00437. The zero-order valence-corrected chi connectivity index (χ0v) is 35.4. The van der Waals surface area contributed by atoms with Crippen LogP contribution in [0.5, 0.6) is 17.2 Å². The van der Waals surface area contributed by atoms with E-state index in [2.05, 4.69) is 26.6 Å². The number of hydrogen-bond donors (Lipinski definition) is 7. The summed E-state index contributed by atoms with van der Waals surface area (Å²) in [6.45, 7) is 8.98. The van der Waals surface area contributed by atoms with Gasteiger partial charge in [0.2, 0.25) is 17.7 Å². The van der Waals surface area contributed by atoms with Crippen molar-refractivity contribution in [2.24, 2.45) is 11.3 Å². The maximum absolute atomic E-state index is 14.4. The van der Waals surface area contributed by atoms with Crippen LogP contribution in [0, 0.1) is 11.3 Å². The third-order valence-corrected chi connectivity index (χ3v) is 9.92. The van der Waals surface area contributed by atoms with Gasteiger partial charge in [0.15, 0.2) is 0 Å². The van der Waals surface area contributed by atoms with E-state index < -0.39 is 65.4 Å². The first kappa shape index (κ1) is 46.6. The molecule has 0 aliphatic heterocycles. The summed E-state index contributed by atoms with van der Waals surface area (Å²) in [6, 6.07) is 25.6. The third-order valence-electron chi connectivity index (χ3n) is 9.92. The SMILES string of the molecule is COc1cccc(CN[C@@H](C(=O)N[C@H](C(=O)NCc2ccc(OC)cc2O)C(C)C)[C@@H](O)[C@H](Cc2ccccc2)NC(=O)[C@@H](NC(=O)OCc2ccccc2)C(C)(C)C)c1. The van der Waals surface area contributed by atoms with Gasteiger partial charge in [-0.15, -0.1) is 0 Å². The van der Waals surface area contributed by atoms with E-state index in [4.69, 9.17) is 14.2 Å². The monoisotopic (exact) mass is 825 g/mol. The average molecular weight is 826 g/mol. The second-order valence-corrected chi connectivity index (χ2v) is 16.0. The predicted molar refractivity (Wildman–Crippen MR) is 228 cm³/mol. The molecule has 14 heteroatoms. The molecule has 0 heterocycles. The lowest BCUT2D eigenvalue weighted by Crippen LogP contribution is -2.63. The number of phenolic OH excluding ortho intramolecular Hbond substituents is 1. The van der Waals surface area contributed by atoms with Gasteiger partial charge in [0, 0.05) is 24.7 Å². The second kappa shape index (κ2) is 22.3. The van der Waals surface area contributed by atoms with Gasteiger partial charge in [-0.2, -0.15) is 0 Å². The molecule has 4 aromatic carbocycles. The predicted octanol–water partition coefficient (Wildman–Crippen LogP) is 4.75. The van der Waals surface area contributed by atoms with Gasteiger partial charge >= 0.3 is 6.09 Å². The van der Waals surface area contributed by atoms with Crippen LogP contribution in [0.2, 0.25) is 0 Å². The number of methoxy groups -OCH3 is 2. The Balaban J connectivity index is 1.62. The molecule has 7 N–H and O–H groups in total. The van der Waals surface area contributed by atoms with Gasteiger partial charge in [-0.1, -0.05) is 107 Å². The number of carbonyl (C=O) groups is 4. The quantitative estimate of drug-likeness (QED) is 0.0654. The number of hydrogen-bond acceptors (Lipinski definition) is 10. The van der Waals surface area contributed by atoms with Crippen LogP contribution >= 0.6 is 0 Å². The fourth-order valence-electron chi connectivity index (χ4n) is 6.45. The maximum Gasteiger partial charge on any atom is 0.408 e. The summed E-state index contributed by atoms with van der Waals surface area (Å²) in [6.07, 6.45) is -2.27. The number of nitrogens with one attached hydrogen (secondary N) is 5. The van der Waals surface area contributed by atoms with E-state index in [1.54, 1.807) is 72.1 Å². The second-order valence-electron chi connectivity index (χ2n) is 16.0. The fraction of sp³-hybridized carbons (Fsp3) is 0.391. The molecule has 5 atom stereocenters. The highest BCUT2D eigenvalue weighted by molar-refractivity contribution is 5.91. The molecule has 0 aliphatic rings. The van der Waals surface area contributed by atoms with Gasteiger partial charge in [0.25, 0.3) is 0 Å². The first-order valence-corrected chi connectivity index (χ1v) is 19.9. The summed E-state index contributed by atoms with van der Waals surface area (Å²) >= 11 is 0. The Morgan fingerprint density at radius 1 is 0.667 bits per heavy atom. The Morgan fingerprint density at radius 3 is 1.88 bits per heavy atom. The Morgan fingerprint density at radius 2 is 1.28 bits per heavy atom. The topological polar surface area (TPSA) is 197 Å². The molecule has 0 aliphatic carbocycles. The number of carbonyl (C=O) groups excluding carboxylic acids is 4. The third kappa shape index (κ3) is 14.0. The van der Waals surface area contributed by atoms with E-state index in [-0.39, 0.29) is 31.9 Å². The molecular formula is C46H59N5O9. The maximum atomic E-state index is 14.4.